The second kappa shape index (κ2) is 19.8. The second-order valence-corrected chi connectivity index (χ2v) is 19.1. The third kappa shape index (κ3) is 9.80. The van der Waals surface area contributed by atoms with Crippen LogP contribution < -0.4 is 34.7 Å². The zero-order valence-corrected chi connectivity index (χ0v) is 40.3. The number of aliphatic hydroxyl groups is 2. The number of aromatic nitrogens is 1. The average molecular weight is 868 g/mol. The van der Waals surface area contributed by atoms with Crippen molar-refractivity contribution in [1.29, 1.82) is 0 Å². The van der Waals surface area contributed by atoms with Gasteiger partial charge in [0, 0.05) is 42.0 Å². The molecule has 0 aromatic carbocycles. The van der Waals surface area contributed by atoms with Gasteiger partial charge in [-0.15, -0.1) is 0 Å². The van der Waals surface area contributed by atoms with Crippen LogP contribution in [0.4, 0.5) is 0 Å². The van der Waals surface area contributed by atoms with Crippen molar-refractivity contribution >= 4 is 17.7 Å². The summed E-state index contributed by atoms with van der Waals surface area (Å²) in [4.78, 5) is 43.7. The van der Waals surface area contributed by atoms with E-state index in [0.29, 0.717) is 57.8 Å². The number of carboxylic acids is 1. The molecule has 6 heterocycles. The Bertz CT molecular complexity index is 1690. The number of carboxylic acid groups (broad SMARTS) is 1. The molecule has 14 nitrogen and oxygen atoms in total. The topological polar surface area (TPSA) is 196 Å². The number of aliphatic hydroxyl groups excluding tert-OH is 1. The van der Waals surface area contributed by atoms with Crippen molar-refractivity contribution in [2.75, 3.05) is 0 Å². The van der Waals surface area contributed by atoms with E-state index in [9.17, 15) is 29.7 Å². The van der Waals surface area contributed by atoms with E-state index in [2.05, 4.69) is 11.9 Å². The van der Waals surface area contributed by atoms with Crippen LogP contribution in [0.25, 0.3) is 0 Å². The molecular weight excluding hydrogens is 797 g/mol. The Kier molecular flexibility index (Phi) is 16.3. The number of carbonyl (C=O) groups is 3. The number of Topliss-reactive ketones (excluding diaryl/α,β-unsaturated/α-hetero) is 1. The number of ether oxygens (including phenoxy) is 6. The van der Waals surface area contributed by atoms with Gasteiger partial charge in [-0.3, -0.25) is 4.79 Å². The van der Waals surface area contributed by atoms with Gasteiger partial charge in [-0.1, -0.05) is 55.4 Å². The molecular formula is C46H70NNaO13. The van der Waals surface area contributed by atoms with E-state index < -0.39 is 95.0 Å². The third-order valence-corrected chi connectivity index (χ3v) is 15.3. The Morgan fingerprint density at radius 3 is 2.26 bits per heavy atom. The van der Waals surface area contributed by atoms with Crippen LogP contribution in [0, 0.1) is 41.4 Å². The molecule has 6 rings (SSSR count). The minimum atomic E-state index is -1.50. The first kappa shape index (κ1) is 50.3. The predicted molar refractivity (Wildman–Crippen MR) is 216 cm³/mol. The summed E-state index contributed by atoms with van der Waals surface area (Å²) >= 11 is 0. The molecule has 338 valence electrons. The van der Waals surface area contributed by atoms with Crippen LogP contribution in [0.3, 0.4) is 0 Å². The molecule has 0 amide bonds. The summed E-state index contributed by atoms with van der Waals surface area (Å²) in [6, 6.07) is 0. The van der Waals surface area contributed by atoms with E-state index in [1.807, 2.05) is 48.5 Å². The fourth-order valence-electron chi connectivity index (χ4n) is 11.1. The summed E-state index contributed by atoms with van der Waals surface area (Å²) in [6.45, 7) is 19.3. The number of nitrogens with zero attached hydrogens (tertiary/aromatic N) is 1. The number of esters is 1. The van der Waals surface area contributed by atoms with Gasteiger partial charge < -0.3 is 53.0 Å². The van der Waals surface area contributed by atoms with Crippen LogP contribution in [-0.2, 0) is 38.0 Å². The second-order valence-electron chi connectivity index (χ2n) is 19.1. The van der Waals surface area contributed by atoms with Gasteiger partial charge in [-0.25, -0.2) is 9.78 Å². The number of ketones is 1. The first-order valence-corrected chi connectivity index (χ1v) is 22.6. The standard InChI is InChI=1S/C46H71NO13.Na/c1-11-31(41(50)51)33-15-14-25(4)39(56-33)29(8)37(48)28(7)38(49)32(12-2)40-26(5)22-27(6)45(58-40)19-17-36(57-42(52)34-23-47-24-54-34)46(60-45)21-20-43(10,59-46)35-16-18-44(53,13-3)30(9)55-35;/h17,19,23-33,35-37,39-40,48,53H,11-16,18,20-22H2,1-10H3,(H,50,51);/q;+1/p-1/t25-,26-,27+,28-,29-,30-,31+,32-,33+,35+,36+,37+,39+,40-,43-,44+,45-,46-;/m0./s1. The van der Waals surface area contributed by atoms with Crippen molar-refractivity contribution < 1.29 is 92.1 Å². The zero-order valence-electron chi connectivity index (χ0n) is 38.3. The largest absolute Gasteiger partial charge is 1.00 e. The molecule has 0 aliphatic carbocycles. The Labute approximate surface area is 383 Å². The minimum absolute atomic E-state index is 0. The molecule has 4 fully saturated rings. The van der Waals surface area contributed by atoms with Gasteiger partial charge in [-0.05, 0) is 95.6 Å². The minimum Gasteiger partial charge on any atom is -0.550 e. The molecule has 5 aliphatic rings. The van der Waals surface area contributed by atoms with Crippen molar-refractivity contribution in [3.8, 4) is 0 Å². The van der Waals surface area contributed by atoms with E-state index in [0.717, 1.165) is 12.8 Å². The first-order valence-electron chi connectivity index (χ1n) is 22.6. The molecule has 18 atom stereocenters. The van der Waals surface area contributed by atoms with Gasteiger partial charge in [0.05, 0.1) is 54.0 Å². The van der Waals surface area contributed by atoms with Crippen LogP contribution in [0.5, 0.6) is 0 Å². The van der Waals surface area contributed by atoms with Crippen LogP contribution in [-0.4, -0.2) is 98.4 Å². The summed E-state index contributed by atoms with van der Waals surface area (Å²) in [5, 5.41) is 34.9. The fourth-order valence-corrected chi connectivity index (χ4v) is 11.1. The number of oxazole rings is 1. The molecule has 2 spiro atoms. The van der Waals surface area contributed by atoms with E-state index in [4.69, 9.17) is 32.8 Å². The average Bonchev–Trinajstić information content (AvgIpc) is 3.88. The summed E-state index contributed by atoms with van der Waals surface area (Å²) in [6.07, 6.45) is 6.90. The molecule has 0 bridgehead atoms. The van der Waals surface area contributed by atoms with Crippen molar-refractivity contribution in [2.24, 2.45) is 41.4 Å². The van der Waals surface area contributed by atoms with E-state index in [1.54, 1.807) is 26.0 Å². The Balaban J connectivity index is 0.00000704. The van der Waals surface area contributed by atoms with E-state index in [1.165, 1.54) is 6.20 Å². The smallest absolute Gasteiger partial charge is 0.550 e. The molecule has 5 aliphatic heterocycles. The number of rotatable bonds is 14. The summed E-state index contributed by atoms with van der Waals surface area (Å²) in [5.74, 6) is -7.69. The van der Waals surface area contributed by atoms with Crippen molar-refractivity contribution in [2.45, 2.75) is 199 Å². The summed E-state index contributed by atoms with van der Waals surface area (Å²) in [5.41, 5.74) is -1.81. The monoisotopic (exact) mass is 867 g/mol. The quantitative estimate of drug-likeness (QED) is 0.157. The van der Waals surface area contributed by atoms with Gasteiger partial charge in [0.2, 0.25) is 11.5 Å². The maximum absolute atomic E-state index is 14.6. The molecule has 0 unspecified atom stereocenters. The normalized spacial score (nSPS) is 41.3. The Morgan fingerprint density at radius 2 is 1.66 bits per heavy atom. The SMILES string of the molecule is CC[C@@H](C(=O)[C@@H](C)[C@@H](O)[C@H](C)[C@@H]1O[C@@H]([C@@H](CC)C(=O)[O-])CC[C@@H]1C)[C@H]1O[C@]2(C=C[C@@H](OC(=O)c3cnco3)[C@]3(CC[C@@](C)([C@H]4CC[C@](O)(CC)[C@H](C)O4)O3)O2)[C@H](C)C[C@@H]1C.[Na+]. The van der Waals surface area contributed by atoms with Gasteiger partial charge in [0.15, 0.2) is 18.3 Å². The van der Waals surface area contributed by atoms with Gasteiger partial charge in [0.25, 0.3) is 0 Å². The molecule has 0 saturated carbocycles. The maximum atomic E-state index is 14.6. The molecule has 0 radical (unpaired) electrons. The van der Waals surface area contributed by atoms with E-state index in [-0.39, 0.29) is 65.0 Å². The Morgan fingerprint density at radius 1 is 0.951 bits per heavy atom. The maximum Gasteiger partial charge on any atom is 1.00 e. The van der Waals surface area contributed by atoms with E-state index >= 15 is 0 Å². The van der Waals surface area contributed by atoms with Gasteiger partial charge in [-0.2, -0.15) is 0 Å². The molecule has 2 N–H and O–H groups in total. The fraction of sp³-hybridized carbons (Fsp3) is 0.826. The van der Waals surface area contributed by atoms with Crippen LogP contribution in [0.2, 0.25) is 0 Å². The van der Waals surface area contributed by atoms with Gasteiger partial charge >= 0.3 is 35.5 Å². The molecule has 1 aromatic heterocycles. The third-order valence-electron chi connectivity index (χ3n) is 15.3. The molecule has 1 aromatic rings. The van der Waals surface area contributed by atoms with Crippen LogP contribution >= 0.6 is 0 Å². The van der Waals surface area contributed by atoms with Gasteiger partial charge in [0.1, 0.15) is 5.78 Å². The first-order chi connectivity index (χ1) is 28.3. The summed E-state index contributed by atoms with van der Waals surface area (Å²) < 4.78 is 45.5. The predicted octanol–water partition coefficient (Wildman–Crippen LogP) is 2.71. The zero-order chi connectivity index (χ0) is 43.9. The molecule has 61 heavy (non-hydrogen) atoms. The van der Waals surface area contributed by atoms with Crippen molar-refractivity contribution in [3.05, 3.63) is 30.5 Å². The number of carbonyl (C=O) groups excluding carboxylic acids is 3. The summed E-state index contributed by atoms with van der Waals surface area (Å²) in [7, 11) is 0. The number of aliphatic carboxylic acids is 1. The van der Waals surface area contributed by atoms with Crippen molar-refractivity contribution in [3.63, 3.8) is 0 Å². The number of hydrogen-bond acceptors (Lipinski definition) is 14. The molecule has 4 saturated heterocycles. The molecule has 15 heteroatoms. The van der Waals surface area contributed by atoms with Crippen LogP contribution in [0.15, 0.2) is 29.2 Å². The Hall–Kier alpha value is -1.72. The van der Waals surface area contributed by atoms with Crippen LogP contribution in [0.1, 0.15) is 144 Å². The number of hydrogen-bond donors (Lipinski definition) is 2. The van der Waals surface area contributed by atoms with Crippen molar-refractivity contribution in [1.82, 2.24) is 4.98 Å².